The number of hydrogen-bond donors (Lipinski definition) is 2. The Morgan fingerprint density at radius 2 is 0.938 bits per heavy atom. The first-order chi connectivity index (χ1) is 30.6. The van der Waals surface area contributed by atoms with Crippen LogP contribution in [0.3, 0.4) is 0 Å². The molecule has 0 amide bonds. The van der Waals surface area contributed by atoms with E-state index in [1.807, 2.05) is 120 Å². The van der Waals surface area contributed by atoms with Crippen molar-refractivity contribution in [3.8, 4) is 33.6 Å². The minimum atomic E-state index is -1.42. The molecule has 0 bridgehead atoms. The minimum Gasteiger partial charge on any atom is -0.455 e. The number of hydrogen-bond acceptors (Lipinski definition) is 6. The molecule has 328 valence electrons. The Hall–Kier alpha value is -5.77. The van der Waals surface area contributed by atoms with Gasteiger partial charge in [-0.3, -0.25) is 9.97 Å². The molecule has 4 aromatic heterocycles. The van der Waals surface area contributed by atoms with Gasteiger partial charge in [0.25, 0.3) is 0 Å². The Morgan fingerprint density at radius 1 is 0.492 bits per heavy atom. The summed E-state index contributed by atoms with van der Waals surface area (Å²) in [7, 11) is -4.03. The maximum absolute atomic E-state index is 15.0. The first-order valence-corrected chi connectivity index (χ1v) is 29.0. The Kier molecular flexibility index (Phi) is 14.1. The fourth-order valence-corrected chi connectivity index (χ4v) is 10.6. The van der Waals surface area contributed by atoms with Crippen LogP contribution in [0.1, 0.15) is 7.43 Å². The lowest BCUT2D eigenvalue weighted by atomic mass is 9.81. The first kappa shape index (κ1) is 47.2. The summed E-state index contributed by atoms with van der Waals surface area (Å²) in [5.41, 5.74) is 8.06. The summed E-state index contributed by atoms with van der Waals surface area (Å²) in [4.78, 5) is 8.84. The number of nitrogens with zero attached hydrogens (tertiary/aromatic N) is 2. The van der Waals surface area contributed by atoms with E-state index < -0.39 is 23.3 Å². The van der Waals surface area contributed by atoms with Crippen LogP contribution in [0, 0.1) is 15.2 Å². The summed E-state index contributed by atoms with van der Waals surface area (Å²) in [5, 5.41) is 24.2. The quantitative estimate of drug-likeness (QED) is 0.127. The Bertz CT molecular complexity index is 3240. The van der Waals surface area contributed by atoms with E-state index in [2.05, 4.69) is 61.4 Å². The number of aromatic nitrogens is 2. The molecule has 0 radical (unpaired) electrons. The highest BCUT2D eigenvalue weighted by atomic mass is 127. The van der Waals surface area contributed by atoms with Crippen LogP contribution in [-0.4, -0.2) is 43.3 Å². The van der Waals surface area contributed by atoms with Crippen molar-refractivity contribution < 1.29 is 27.7 Å². The van der Waals surface area contributed by atoms with Gasteiger partial charge in [0.2, 0.25) is 0 Å². The van der Waals surface area contributed by atoms with E-state index in [0.717, 1.165) is 60.8 Å². The van der Waals surface area contributed by atoms with Gasteiger partial charge in [-0.2, -0.15) is 0 Å². The summed E-state index contributed by atoms with van der Waals surface area (Å²) in [6, 6.07) is 45.9. The molecule has 0 aliphatic heterocycles. The number of benzene rings is 6. The third-order valence-corrected chi connectivity index (χ3v) is 16.3. The van der Waals surface area contributed by atoms with Crippen molar-refractivity contribution in [1.82, 2.24) is 9.97 Å². The predicted octanol–water partition coefficient (Wildman–Crippen LogP) is 12.9. The van der Waals surface area contributed by atoms with Gasteiger partial charge in [0.1, 0.15) is 28.4 Å². The normalized spacial score (nSPS) is 11.5. The summed E-state index contributed by atoms with van der Waals surface area (Å²) < 4.78 is 41.5. The van der Waals surface area contributed by atoms with Crippen molar-refractivity contribution in [1.29, 1.82) is 0 Å². The van der Waals surface area contributed by atoms with Gasteiger partial charge >= 0.3 is 7.12 Å². The van der Waals surface area contributed by atoms with Gasteiger partial charge in [0.15, 0.2) is 5.58 Å². The summed E-state index contributed by atoms with van der Waals surface area (Å²) in [6.07, 6.45) is 3.52. The monoisotopic (exact) mass is 1010 g/mol. The number of para-hydroxylation sites is 2. The van der Waals surface area contributed by atoms with E-state index in [0.29, 0.717) is 25.8 Å². The highest BCUT2D eigenvalue weighted by molar-refractivity contribution is 14.1. The molecule has 0 aliphatic rings. The van der Waals surface area contributed by atoms with Crippen LogP contribution in [0.2, 0.25) is 39.3 Å². The van der Waals surface area contributed by atoms with Gasteiger partial charge in [0.05, 0.1) is 36.7 Å². The molecule has 65 heavy (non-hydrogen) atoms. The van der Waals surface area contributed by atoms with Crippen molar-refractivity contribution >= 4 is 106 Å². The van der Waals surface area contributed by atoms with Crippen LogP contribution >= 0.6 is 22.6 Å². The number of furan rings is 2. The van der Waals surface area contributed by atoms with Crippen LogP contribution in [-0.2, 0) is 0 Å². The number of fused-ring (bicyclic) bond motifs is 6. The molecule has 0 aliphatic carbocycles. The van der Waals surface area contributed by atoms with Crippen molar-refractivity contribution in [3.63, 3.8) is 0 Å². The van der Waals surface area contributed by atoms with Gasteiger partial charge in [-0.1, -0.05) is 142 Å². The number of rotatable bonds is 6. The lowest BCUT2D eigenvalue weighted by Gasteiger charge is -2.17. The topological polar surface area (TPSA) is 92.5 Å². The van der Waals surface area contributed by atoms with Crippen molar-refractivity contribution in [3.05, 3.63) is 173 Å². The van der Waals surface area contributed by atoms with Crippen LogP contribution in [0.4, 0.5) is 8.78 Å². The largest absolute Gasteiger partial charge is 0.488 e. The molecule has 12 heteroatoms. The molecular weight excluding hydrogens is 960 g/mol. The van der Waals surface area contributed by atoms with E-state index >= 15 is 4.39 Å². The summed E-state index contributed by atoms with van der Waals surface area (Å²) in [6.45, 7) is 13.7. The smallest absolute Gasteiger partial charge is 0.455 e. The fraction of sp³-hybridized carbons (Fsp3) is 0.132. The SMILES string of the molecule is C.C[Si](C)(C)c1ccc(-c2c(F)ccc3c2oc2c(-c4ccccn4)cccc23)cc1.C[Si](C)(C)c1ccc(B(O)O)cc1.Fc1ccc2c(oc3c(-c4ccccn4)cccc32)c1I. The molecule has 6 aromatic carbocycles. The van der Waals surface area contributed by atoms with E-state index in [4.69, 9.17) is 18.9 Å². The highest BCUT2D eigenvalue weighted by Gasteiger charge is 2.22. The molecule has 0 atom stereocenters. The summed E-state index contributed by atoms with van der Waals surface area (Å²) >= 11 is 1.98. The fourth-order valence-electron chi connectivity index (χ4n) is 7.65. The van der Waals surface area contributed by atoms with Gasteiger partial charge in [-0.05, 0) is 94.3 Å². The van der Waals surface area contributed by atoms with Crippen LogP contribution < -0.4 is 15.8 Å². The highest BCUT2D eigenvalue weighted by Crippen LogP contribution is 2.41. The Balaban J connectivity index is 0.000000157. The third kappa shape index (κ3) is 9.92. The zero-order valence-electron chi connectivity index (χ0n) is 36.3. The second-order valence-electron chi connectivity index (χ2n) is 17.6. The molecule has 0 spiro atoms. The number of halogens is 3. The van der Waals surface area contributed by atoms with Gasteiger partial charge < -0.3 is 18.9 Å². The van der Waals surface area contributed by atoms with E-state index in [9.17, 15) is 4.39 Å². The zero-order valence-corrected chi connectivity index (χ0v) is 40.5. The second kappa shape index (κ2) is 19.4. The van der Waals surface area contributed by atoms with Crippen LogP contribution in [0.25, 0.3) is 77.5 Å². The van der Waals surface area contributed by atoms with Crippen LogP contribution in [0.5, 0.6) is 0 Å². The van der Waals surface area contributed by atoms with Gasteiger partial charge in [-0.15, -0.1) is 0 Å². The molecule has 2 N–H and O–H groups in total. The second-order valence-corrected chi connectivity index (χ2v) is 28.8. The molecule has 0 unspecified atom stereocenters. The van der Waals surface area contributed by atoms with E-state index in [1.54, 1.807) is 36.7 Å². The average Bonchev–Trinajstić information content (AvgIpc) is 3.87. The van der Waals surface area contributed by atoms with Gasteiger partial charge in [0, 0.05) is 45.1 Å². The third-order valence-electron chi connectivity index (χ3n) is 11.2. The molecule has 0 fully saturated rings. The van der Waals surface area contributed by atoms with Crippen molar-refractivity contribution in [2.45, 2.75) is 46.7 Å². The zero-order chi connectivity index (χ0) is 45.3. The lowest BCUT2D eigenvalue weighted by molar-refractivity contribution is 0.426. The average molecular weight is 1010 g/mol. The molecule has 0 saturated carbocycles. The Morgan fingerprint density at radius 3 is 1.40 bits per heavy atom. The maximum atomic E-state index is 15.0. The molecule has 10 aromatic rings. The lowest BCUT2D eigenvalue weighted by Crippen LogP contribution is -2.39. The van der Waals surface area contributed by atoms with E-state index in [1.165, 1.54) is 22.5 Å². The molecule has 6 nitrogen and oxygen atoms in total. The predicted molar refractivity (Wildman–Crippen MR) is 281 cm³/mol. The molecule has 4 heterocycles. The molecular formula is C53H50BF2IN2O4Si2. The molecule has 0 saturated heterocycles. The van der Waals surface area contributed by atoms with Crippen LogP contribution in [0.15, 0.2) is 167 Å². The summed E-state index contributed by atoms with van der Waals surface area (Å²) in [5.74, 6) is -0.539. The standard InChI is InChI=1S/C26H22FNOSi.C17H9FINO.C9H15BO2Si.CH4/c1-30(2,3)18-12-10-17(11-13-18)24-22(27)15-14-20-19-7-6-8-21(25(19)29-26(20)24)23-9-4-5-16-28-23;18-13-8-7-11-10-4-3-5-12(14-6-1-2-9-20-14)16(10)21-17(11)15(13)19;1-13(2,3)9-6-4-8(5-7-9)10(11)12;/h4-16H,1-3H3;1-9H;4-7,11-12H,1-3H3;1H4. The number of pyridine rings is 2. The van der Waals surface area contributed by atoms with Crippen molar-refractivity contribution in [2.75, 3.05) is 0 Å². The van der Waals surface area contributed by atoms with Gasteiger partial charge in [-0.25, -0.2) is 8.78 Å². The minimum absolute atomic E-state index is 0. The molecule has 10 rings (SSSR count). The maximum Gasteiger partial charge on any atom is 0.488 e. The van der Waals surface area contributed by atoms with Crippen molar-refractivity contribution in [2.24, 2.45) is 0 Å². The Labute approximate surface area is 394 Å². The van der Waals surface area contributed by atoms with E-state index in [-0.39, 0.29) is 19.1 Å². The first-order valence-electron chi connectivity index (χ1n) is 20.9.